The van der Waals surface area contributed by atoms with Crippen molar-refractivity contribution in [2.75, 3.05) is 6.54 Å². The summed E-state index contributed by atoms with van der Waals surface area (Å²) in [4.78, 5) is 25.2. The van der Waals surface area contributed by atoms with E-state index in [9.17, 15) is 14.7 Å². The van der Waals surface area contributed by atoms with Crippen LogP contribution < -0.4 is 0 Å². The monoisotopic (exact) mass is 373 g/mol. The molecule has 0 aromatic heterocycles. The molecule has 2 rings (SSSR count). The Labute approximate surface area is 125 Å². The predicted molar refractivity (Wildman–Crippen MR) is 80.0 cm³/mol. The molecule has 0 spiro atoms. The van der Waals surface area contributed by atoms with Crippen LogP contribution in [0.5, 0.6) is 0 Å². The second-order valence-electron chi connectivity index (χ2n) is 4.99. The molecule has 0 radical (unpaired) electrons. The Morgan fingerprint density at radius 1 is 1.42 bits per heavy atom. The van der Waals surface area contributed by atoms with Crippen molar-refractivity contribution in [2.24, 2.45) is 5.92 Å². The second-order valence-corrected chi connectivity index (χ2v) is 6.24. The molecule has 1 N–H and O–H groups in total. The van der Waals surface area contributed by atoms with Crippen LogP contribution >= 0.6 is 22.6 Å². The second kappa shape index (κ2) is 5.90. The van der Waals surface area contributed by atoms with Gasteiger partial charge >= 0.3 is 5.97 Å². The van der Waals surface area contributed by atoms with Crippen molar-refractivity contribution in [3.05, 3.63) is 33.4 Å². The maximum Gasteiger partial charge on any atom is 0.326 e. The Morgan fingerprint density at radius 2 is 2.16 bits per heavy atom. The van der Waals surface area contributed by atoms with Crippen molar-refractivity contribution < 1.29 is 14.7 Å². The number of amides is 1. The average molecular weight is 373 g/mol. The van der Waals surface area contributed by atoms with Gasteiger partial charge in [0.05, 0.1) is 0 Å². The van der Waals surface area contributed by atoms with Crippen molar-refractivity contribution in [1.82, 2.24) is 4.90 Å². The quantitative estimate of drug-likeness (QED) is 0.811. The number of hydrogen-bond acceptors (Lipinski definition) is 2. The van der Waals surface area contributed by atoms with Crippen molar-refractivity contribution >= 4 is 34.5 Å². The lowest BCUT2D eigenvalue weighted by atomic mass is 9.92. The van der Waals surface area contributed by atoms with Gasteiger partial charge in [0.1, 0.15) is 6.04 Å². The highest BCUT2D eigenvalue weighted by atomic mass is 127. The van der Waals surface area contributed by atoms with Crippen LogP contribution in [0, 0.1) is 9.49 Å². The highest BCUT2D eigenvalue weighted by Gasteiger charge is 2.35. The van der Waals surface area contributed by atoms with Gasteiger partial charge in [0.2, 0.25) is 0 Å². The van der Waals surface area contributed by atoms with E-state index in [4.69, 9.17) is 0 Å². The molecule has 2 unspecified atom stereocenters. The molecular weight excluding hydrogens is 357 g/mol. The Bertz CT molecular complexity index is 503. The molecule has 1 saturated heterocycles. The molecule has 1 heterocycles. The summed E-state index contributed by atoms with van der Waals surface area (Å²) in [5.74, 6) is -0.746. The van der Waals surface area contributed by atoms with Gasteiger partial charge in [0, 0.05) is 15.7 Å². The number of halogens is 1. The largest absolute Gasteiger partial charge is 0.480 e. The van der Waals surface area contributed by atoms with E-state index in [0.29, 0.717) is 24.4 Å². The first-order chi connectivity index (χ1) is 8.99. The summed E-state index contributed by atoms with van der Waals surface area (Å²) >= 11 is 2.14. The van der Waals surface area contributed by atoms with E-state index < -0.39 is 12.0 Å². The number of carbonyl (C=O) groups excluding carboxylic acids is 1. The van der Waals surface area contributed by atoms with Crippen LogP contribution in [-0.2, 0) is 4.79 Å². The van der Waals surface area contributed by atoms with Gasteiger partial charge in [0.15, 0.2) is 0 Å². The number of carboxylic acid groups (broad SMARTS) is 1. The predicted octanol–water partition coefficient (Wildman–Crippen LogP) is 2.62. The molecule has 1 aromatic rings. The summed E-state index contributed by atoms with van der Waals surface area (Å²) in [6.45, 7) is 2.55. The van der Waals surface area contributed by atoms with Crippen molar-refractivity contribution in [1.29, 1.82) is 0 Å². The zero-order valence-corrected chi connectivity index (χ0v) is 12.8. The van der Waals surface area contributed by atoms with Gasteiger partial charge in [-0.15, -0.1) is 0 Å². The minimum absolute atomic E-state index is 0.183. The van der Waals surface area contributed by atoms with Crippen LogP contribution in [-0.4, -0.2) is 34.5 Å². The highest BCUT2D eigenvalue weighted by Crippen LogP contribution is 2.24. The first kappa shape index (κ1) is 14.3. The number of carbonyl (C=O) groups is 2. The van der Waals surface area contributed by atoms with E-state index in [2.05, 4.69) is 22.6 Å². The van der Waals surface area contributed by atoms with Gasteiger partial charge in [0.25, 0.3) is 5.91 Å². The summed E-state index contributed by atoms with van der Waals surface area (Å²) < 4.78 is 0.973. The van der Waals surface area contributed by atoms with Crippen molar-refractivity contribution in [3.8, 4) is 0 Å². The van der Waals surface area contributed by atoms with Crippen LogP contribution in [0.15, 0.2) is 24.3 Å². The molecule has 1 aliphatic rings. The molecule has 2 atom stereocenters. The molecule has 1 fully saturated rings. The Balaban J connectivity index is 2.24. The third-order valence-corrected chi connectivity index (χ3v) is 4.15. The van der Waals surface area contributed by atoms with Gasteiger partial charge in [-0.05, 0) is 59.5 Å². The molecule has 1 aromatic carbocycles. The number of hydrogen-bond donors (Lipinski definition) is 1. The van der Waals surface area contributed by atoms with Crippen LogP contribution in [0.4, 0.5) is 0 Å². The minimum atomic E-state index is -0.912. The van der Waals surface area contributed by atoms with E-state index in [-0.39, 0.29) is 5.91 Å². The Morgan fingerprint density at radius 3 is 2.79 bits per heavy atom. The van der Waals surface area contributed by atoms with E-state index in [1.807, 2.05) is 19.1 Å². The molecular formula is C14H16INO3. The minimum Gasteiger partial charge on any atom is -0.480 e. The van der Waals surface area contributed by atoms with Crippen LogP contribution in [0.1, 0.15) is 30.1 Å². The molecule has 1 amide bonds. The fraction of sp³-hybridized carbons (Fsp3) is 0.429. The van der Waals surface area contributed by atoms with E-state index in [0.717, 1.165) is 9.99 Å². The molecule has 102 valence electrons. The fourth-order valence-electron chi connectivity index (χ4n) is 2.41. The number of nitrogens with zero attached hydrogens (tertiary/aromatic N) is 1. The summed E-state index contributed by atoms with van der Waals surface area (Å²) in [6, 6.07) is 6.55. The molecule has 4 nitrogen and oxygen atoms in total. The molecule has 5 heteroatoms. The van der Waals surface area contributed by atoms with E-state index >= 15 is 0 Å². The summed E-state index contributed by atoms with van der Waals surface area (Å²) in [7, 11) is 0. The lowest BCUT2D eigenvalue weighted by Gasteiger charge is -2.36. The molecule has 19 heavy (non-hydrogen) atoms. The standard InChI is InChI=1S/C14H16INO3/c1-9-5-6-16(12(7-9)14(18)19)13(17)10-3-2-4-11(15)8-10/h2-4,8-9,12H,5-7H2,1H3,(H,18,19). The SMILES string of the molecule is CC1CCN(C(=O)c2cccc(I)c2)C(C(=O)O)C1. The number of rotatable bonds is 2. The number of carboxylic acids is 1. The fourth-order valence-corrected chi connectivity index (χ4v) is 2.95. The van der Waals surface area contributed by atoms with Gasteiger partial charge in [-0.1, -0.05) is 13.0 Å². The summed E-state index contributed by atoms with van der Waals surface area (Å²) in [5, 5.41) is 9.28. The van der Waals surface area contributed by atoms with Crippen molar-refractivity contribution in [3.63, 3.8) is 0 Å². The third-order valence-electron chi connectivity index (χ3n) is 3.48. The van der Waals surface area contributed by atoms with E-state index in [1.54, 1.807) is 12.1 Å². The van der Waals surface area contributed by atoms with Gasteiger partial charge in [-0.3, -0.25) is 4.79 Å². The van der Waals surface area contributed by atoms with Gasteiger partial charge in [-0.2, -0.15) is 0 Å². The smallest absolute Gasteiger partial charge is 0.326 e. The summed E-state index contributed by atoms with van der Waals surface area (Å²) in [6.07, 6.45) is 1.39. The maximum atomic E-state index is 12.4. The average Bonchev–Trinajstić information content (AvgIpc) is 2.37. The molecule has 0 aliphatic carbocycles. The van der Waals surface area contributed by atoms with Gasteiger partial charge in [-0.25, -0.2) is 4.79 Å². The number of aliphatic carboxylic acids is 1. The maximum absolute atomic E-state index is 12.4. The Kier molecular flexibility index (Phi) is 4.44. The number of benzene rings is 1. The highest BCUT2D eigenvalue weighted by molar-refractivity contribution is 14.1. The lowest BCUT2D eigenvalue weighted by molar-refractivity contribution is -0.144. The molecule has 0 bridgehead atoms. The molecule has 0 saturated carbocycles. The zero-order chi connectivity index (χ0) is 14.0. The van der Waals surface area contributed by atoms with E-state index in [1.165, 1.54) is 4.90 Å². The van der Waals surface area contributed by atoms with Crippen LogP contribution in [0.3, 0.4) is 0 Å². The Hall–Kier alpha value is -1.11. The van der Waals surface area contributed by atoms with Crippen LogP contribution in [0.25, 0.3) is 0 Å². The molecule has 1 aliphatic heterocycles. The van der Waals surface area contributed by atoms with Crippen LogP contribution in [0.2, 0.25) is 0 Å². The first-order valence-electron chi connectivity index (χ1n) is 6.28. The topological polar surface area (TPSA) is 57.6 Å². The van der Waals surface area contributed by atoms with Gasteiger partial charge < -0.3 is 10.0 Å². The normalized spacial score (nSPS) is 23.2. The van der Waals surface area contributed by atoms with Crippen molar-refractivity contribution in [2.45, 2.75) is 25.8 Å². The third kappa shape index (κ3) is 3.26. The first-order valence-corrected chi connectivity index (χ1v) is 7.36. The summed E-state index contributed by atoms with van der Waals surface area (Å²) in [5.41, 5.74) is 0.563. The number of piperidine rings is 1. The number of likely N-dealkylation sites (tertiary alicyclic amines) is 1. The zero-order valence-electron chi connectivity index (χ0n) is 10.7. The lowest BCUT2D eigenvalue weighted by Crippen LogP contribution is -2.49.